The van der Waals surface area contributed by atoms with Gasteiger partial charge in [0.15, 0.2) is 0 Å². The summed E-state index contributed by atoms with van der Waals surface area (Å²) in [6.07, 6.45) is -6.53. The largest absolute Gasteiger partial charge is 0.572 e. The Morgan fingerprint density at radius 2 is 1.75 bits per heavy atom. The molecular formula is C8H9F6N2+. The highest BCUT2D eigenvalue weighted by molar-refractivity contribution is 4.78. The fourth-order valence-electron chi connectivity index (χ4n) is 1.21. The molecule has 0 atom stereocenters. The van der Waals surface area contributed by atoms with Crippen LogP contribution in [0.15, 0.2) is 0 Å². The summed E-state index contributed by atoms with van der Waals surface area (Å²) in [5, 5.41) is 0. The SMILES string of the molecule is CCCCn1c(F)c(F)[n+](C(F)(F)F)c1F. The number of hydrogen-bond acceptors (Lipinski definition) is 0. The summed E-state index contributed by atoms with van der Waals surface area (Å²) in [5.74, 6) is -4.11. The maximum atomic E-state index is 13.1. The van der Waals surface area contributed by atoms with E-state index in [0.717, 1.165) is 0 Å². The van der Waals surface area contributed by atoms with Crippen LogP contribution >= 0.6 is 0 Å². The molecule has 0 aromatic carbocycles. The van der Waals surface area contributed by atoms with Crippen molar-refractivity contribution >= 4 is 0 Å². The Labute approximate surface area is 87.1 Å². The molecule has 0 amide bonds. The minimum Gasteiger partial charge on any atom is -0.170 e. The zero-order valence-electron chi connectivity index (χ0n) is 8.28. The number of unbranched alkanes of at least 4 members (excludes halogenated alkanes) is 1. The van der Waals surface area contributed by atoms with Crippen LogP contribution in [0.4, 0.5) is 26.3 Å². The normalized spacial score (nSPS) is 12.2. The Hall–Kier alpha value is -1.21. The third-order valence-corrected chi connectivity index (χ3v) is 2.00. The fraction of sp³-hybridized carbons (Fsp3) is 0.625. The standard InChI is InChI=1S/C8H9F6N2/c1-2-3-4-15-5(9)6(10)16(7(15)11)8(12,13)14/h2-4H2,1H3/q+1. The number of nitrogens with zero attached hydrogens (tertiary/aromatic N) is 2. The molecule has 0 aliphatic carbocycles. The molecule has 1 aromatic rings. The van der Waals surface area contributed by atoms with E-state index in [1.807, 2.05) is 0 Å². The van der Waals surface area contributed by atoms with Crippen molar-refractivity contribution in [2.45, 2.75) is 32.6 Å². The predicted molar refractivity (Wildman–Crippen MR) is 40.7 cm³/mol. The van der Waals surface area contributed by atoms with Crippen molar-refractivity contribution in [2.24, 2.45) is 0 Å². The minimum atomic E-state index is -5.31. The quantitative estimate of drug-likeness (QED) is 0.573. The van der Waals surface area contributed by atoms with Gasteiger partial charge in [-0.1, -0.05) is 17.9 Å². The number of imidazole rings is 1. The molecule has 0 aliphatic heterocycles. The van der Waals surface area contributed by atoms with Gasteiger partial charge < -0.3 is 0 Å². The smallest absolute Gasteiger partial charge is 0.170 e. The number of halogens is 6. The van der Waals surface area contributed by atoms with Crippen molar-refractivity contribution in [1.29, 1.82) is 0 Å². The summed E-state index contributed by atoms with van der Waals surface area (Å²) in [6.45, 7) is 1.35. The summed E-state index contributed by atoms with van der Waals surface area (Å²) in [6, 6.07) is 0. The molecule has 8 heteroatoms. The lowest BCUT2D eigenvalue weighted by atomic mass is 10.3. The van der Waals surface area contributed by atoms with Gasteiger partial charge in [-0.2, -0.15) is 13.3 Å². The lowest BCUT2D eigenvalue weighted by Gasteiger charge is -1.99. The van der Waals surface area contributed by atoms with Gasteiger partial charge in [-0.25, -0.2) is 0 Å². The first kappa shape index (κ1) is 12.9. The van der Waals surface area contributed by atoms with Gasteiger partial charge in [0.25, 0.3) is 0 Å². The fourth-order valence-corrected chi connectivity index (χ4v) is 1.21. The van der Waals surface area contributed by atoms with E-state index in [9.17, 15) is 26.3 Å². The van der Waals surface area contributed by atoms with E-state index in [4.69, 9.17) is 0 Å². The molecule has 0 aliphatic rings. The van der Waals surface area contributed by atoms with Gasteiger partial charge >= 0.3 is 24.3 Å². The molecule has 0 saturated carbocycles. The van der Waals surface area contributed by atoms with E-state index in [-0.39, 0.29) is 17.5 Å². The number of hydrogen-bond donors (Lipinski definition) is 0. The van der Waals surface area contributed by atoms with E-state index in [1.54, 1.807) is 6.92 Å². The van der Waals surface area contributed by atoms with Gasteiger partial charge in [0.2, 0.25) is 0 Å². The van der Waals surface area contributed by atoms with Crippen LogP contribution in [0.2, 0.25) is 0 Å². The molecule has 1 rings (SSSR count). The molecule has 16 heavy (non-hydrogen) atoms. The number of aromatic nitrogens is 2. The molecule has 2 nitrogen and oxygen atoms in total. The average molecular weight is 247 g/mol. The number of rotatable bonds is 3. The Balaban J connectivity index is 3.23. The molecular weight excluding hydrogens is 238 g/mol. The van der Waals surface area contributed by atoms with Gasteiger partial charge in [-0.15, -0.1) is 17.6 Å². The third kappa shape index (κ3) is 2.14. The highest BCUT2D eigenvalue weighted by atomic mass is 19.4. The van der Waals surface area contributed by atoms with E-state index < -0.39 is 28.8 Å². The molecule has 0 unspecified atom stereocenters. The van der Waals surface area contributed by atoms with Crippen LogP contribution in [0.1, 0.15) is 19.8 Å². The molecule has 0 bridgehead atoms. The van der Waals surface area contributed by atoms with Crippen molar-refractivity contribution in [1.82, 2.24) is 4.57 Å². The van der Waals surface area contributed by atoms with Gasteiger partial charge in [0.05, 0.1) is 6.54 Å². The first-order chi connectivity index (χ1) is 7.30. The second kappa shape index (κ2) is 4.34. The van der Waals surface area contributed by atoms with Crippen molar-refractivity contribution in [3.8, 4) is 0 Å². The highest BCUT2D eigenvalue weighted by Crippen LogP contribution is 2.19. The summed E-state index contributed by atoms with van der Waals surface area (Å²) in [5.41, 5.74) is 0. The molecule has 0 spiro atoms. The monoisotopic (exact) mass is 247 g/mol. The first-order valence-corrected chi connectivity index (χ1v) is 4.53. The summed E-state index contributed by atoms with van der Waals surface area (Å²) >= 11 is 0. The van der Waals surface area contributed by atoms with Crippen LogP contribution in [0.25, 0.3) is 0 Å². The minimum absolute atomic E-state index is 0.0341. The summed E-state index contributed by atoms with van der Waals surface area (Å²) < 4.78 is 74.0. The van der Waals surface area contributed by atoms with E-state index in [0.29, 0.717) is 6.42 Å². The van der Waals surface area contributed by atoms with Crippen molar-refractivity contribution in [3.63, 3.8) is 0 Å². The van der Waals surface area contributed by atoms with Crippen molar-refractivity contribution in [2.75, 3.05) is 0 Å². The van der Waals surface area contributed by atoms with Crippen LogP contribution in [-0.2, 0) is 12.8 Å². The van der Waals surface area contributed by atoms with Crippen LogP contribution in [0.3, 0.4) is 0 Å². The molecule has 1 aromatic heterocycles. The molecule has 0 radical (unpaired) electrons. The summed E-state index contributed by atoms with van der Waals surface area (Å²) in [4.78, 5) is 0. The van der Waals surface area contributed by atoms with Gasteiger partial charge in [-0.3, -0.25) is 0 Å². The maximum Gasteiger partial charge on any atom is 0.572 e. The topological polar surface area (TPSA) is 8.81 Å². The van der Waals surface area contributed by atoms with E-state index in [2.05, 4.69) is 0 Å². The maximum absolute atomic E-state index is 13.1. The lowest BCUT2D eigenvalue weighted by molar-refractivity contribution is -0.890. The Morgan fingerprint density at radius 1 is 1.19 bits per heavy atom. The van der Waals surface area contributed by atoms with Crippen LogP contribution in [0.5, 0.6) is 0 Å². The molecule has 0 fully saturated rings. The van der Waals surface area contributed by atoms with Crippen molar-refractivity contribution in [3.05, 3.63) is 18.0 Å². The van der Waals surface area contributed by atoms with Crippen molar-refractivity contribution < 1.29 is 30.9 Å². The molecule has 0 N–H and O–H groups in total. The van der Waals surface area contributed by atoms with E-state index >= 15 is 0 Å². The highest BCUT2D eigenvalue weighted by Gasteiger charge is 2.49. The van der Waals surface area contributed by atoms with Gasteiger partial charge in [-0.05, 0) is 6.42 Å². The Kier molecular flexibility index (Phi) is 3.49. The molecule has 1 heterocycles. The van der Waals surface area contributed by atoms with E-state index in [1.165, 1.54) is 0 Å². The van der Waals surface area contributed by atoms with Gasteiger partial charge in [0, 0.05) is 0 Å². The van der Waals surface area contributed by atoms with Crippen LogP contribution in [0, 0.1) is 18.0 Å². The second-order valence-corrected chi connectivity index (χ2v) is 3.16. The Bertz CT molecular complexity index is 381. The summed E-state index contributed by atoms with van der Waals surface area (Å²) in [7, 11) is 0. The molecule has 92 valence electrons. The van der Waals surface area contributed by atoms with Crippen LogP contribution in [-0.4, -0.2) is 4.57 Å². The average Bonchev–Trinajstić information content (AvgIpc) is 2.35. The zero-order valence-corrected chi connectivity index (χ0v) is 8.28. The Morgan fingerprint density at radius 3 is 2.12 bits per heavy atom. The van der Waals surface area contributed by atoms with Crippen LogP contribution < -0.4 is 4.57 Å². The third-order valence-electron chi connectivity index (χ3n) is 2.00. The van der Waals surface area contributed by atoms with Gasteiger partial charge in [0.1, 0.15) is 0 Å². The lowest BCUT2D eigenvalue weighted by Crippen LogP contribution is -2.52. The second-order valence-electron chi connectivity index (χ2n) is 3.16. The first-order valence-electron chi connectivity index (χ1n) is 4.53. The predicted octanol–water partition coefficient (Wildman–Crippen LogP) is 2.47. The zero-order chi connectivity index (χ0) is 12.5. The molecule has 0 saturated heterocycles. The number of alkyl halides is 3.